The highest BCUT2D eigenvalue weighted by Crippen LogP contribution is 2.27. The second-order valence-corrected chi connectivity index (χ2v) is 5.09. The fourth-order valence-electron chi connectivity index (χ4n) is 2.29. The largest absolute Gasteiger partial charge is 0.397 e. The van der Waals surface area contributed by atoms with Gasteiger partial charge < -0.3 is 20.3 Å². The average Bonchev–Trinajstić information content (AvgIpc) is 2.38. The summed E-state index contributed by atoms with van der Waals surface area (Å²) in [5, 5.41) is 0. The molecule has 2 rings (SSSR count). The quantitative estimate of drug-likeness (QED) is 0.814. The molecule has 1 atom stereocenters. The number of nitrogen functional groups attached to an aromatic ring is 1. The van der Waals surface area contributed by atoms with E-state index in [4.69, 9.17) is 10.5 Å². The summed E-state index contributed by atoms with van der Waals surface area (Å²) in [6.07, 6.45) is 0. The monoisotopic (exact) mass is 263 g/mol. The third kappa shape index (κ3) is 2.81. The first kappa shape index (κ1) is 13.7. The smallest absolute Gasteiger partial charge is 0.253 e. The van der Waals surface area contributed by atoms with E-state index in [1.807, 2.05) is 12.1 Å². The Balaban J connectivity index is 2.26. The molecule has 0 bridgehead atoms. The number of ether oxygens (including phenoxy) is 1. The van der Waals surface area contributed by atoms with Crippen molar-refractivity contribution in [2.45, 2.75) is 13.0 Å². The summed E-state index contributed by atoms with van der Waals surface area (Å²) < 4.78 is 5.42. The van der Waals surface area contributed by atoms with Gasteiger partial charge in [-0.1, -0.05) is 0 Å². The Labute approximate surface area is 113 Å². The molecule has 0 spiro atoms. The van der Waals surface area contributed by atoms with Gasteiger partial charge in [-0.05, 0) is 25.1 Å². The molecule has 5 nitrogen and oxygen atoms in total. The van der Waals surface area contributed by atoms with Crippen LogP contribution in [0.3, 0.4) is 0 Å². The third-order valence-electron chi connectivity index (χ3n) is 3.36. The van der Waals surface area contributed by atoms with Crippen molar-refractivity contribution in [3.63, 3.8) is 0 Å². The van der Waals surface area contributed by atoms with Gasteiger partial charge in [-0.25, -0.2) is 0 Å². The zero-order valence-corrected chi connectivity index (χ0v) is 11.7. The Morgan fingerprint density at radius 1 is 1.47 bits per heavy atom. The molecule has 1 aliphatic rings. The van der Waals surface area contributed by atoms with Crippen LogP contribution in [-0.4, -0.2) is 50.7 Å². The summed E-state index contributed by atoms with van der Waals surface area (Å²) in [7, 11) is 3.47. The Kier molecular flexibility index (Phi) is 3.95. The number of morpholine rings is 1. The second kappa shape index (κ2) is 5.48. The average molecular weight is 263 g/mol. The van der Waals surface area contributed by atoms with E-state index < -0.39 is 0 Å². The summed E-state index contributed by atoms with van der Waals surface area (Å²) in [5.74, 6) is -0.0340. The second-order valence-electron chi connectivity index (χ2n) is 5.09. The van der Waals surface area contributed by atoms with Gasteiger partial charge in [0, 0.05) is 32.2 Å². The van der Waals surface area contributed by atoms with E-state index in [-0.39, 0.29) is 5.91 Å². The SMILES string of the molecule is CC1COCCN1c1ccc(C(=O)N(C)C)cc1N. The van der Waals surface area contributed by atoms with Gasteiger partial charge in [-0.15, -0.1) is 0 Å². The lowest BCUT2D eigenvalue weighted by molar-refractivity contribution is 0.0827. The minimum Gasteiger partial charge on any atom is -0.397 e. The molecule has 0 saturated carbocycles. The van der Waals surface area contributed by atoms with Gasteiger partial charge >= 0.3 is 0 Å². The minimum atomic E-state index is -0.0340. The van der Waals surface area contributed by atoms with Crippen molar-refractivity contribution in [1.29, 1.82) is 0 Å². The standard InChI is InChI=1S/C14H21N3O2/c1-10-9-19-7-6-17(10)13-5-4-11(8-12(13)15)14(18)16(2)3/h4-5,8,10H,6-7,9,15H2,1-3H3. The Bertz CT molecular complexity index is 474. The maximum Gasteiger partial charge on any atom is 0.253 e. The molecule has 0 aromatic heterocycles. The van der Waals surface area contributed by atoms with Gasteiger partial charge in [0.2, 0.25) is 0 Å². The van der Waals surface area contributed by atoms with Gasteiger partial charge in [0.1, 0.15) is 0 Å². The van der Waals surface area contributed by atoms with Crippen LogP contribution in [0, 0.1) is 0 Å². The summed E-state index contributed by atoms with van der Waals surface area (Å²) in [6, 6.07) is 5.80. The number of rotatable bonds is 2. The zero-order valence-electron chi connectivity index (χ0n) is 11.7. The fourth-order valence-corrected chi connectivity index (χ4v) is 2.29. The van der Waals surface area contributed by atoms with E-state index in [1.165, 1.54) is 0 Å². The van der Waals surface area contributed by atoms with E-state index in [9.17, 15) is 4.79 Å². The number of hydrogen-bond acceptors (Lipinski definition) is 4. The predicted octanol–water partition coefficient (Wildman–Crippen LogP) is 1.20. The van der Waals surface area contributed by atoms with E-state index in [1.54, 1.807) is 25.1 Å². The molecule has 0 radical (unpaired) electrons. The van der Waals surface area contributed by atoms with Crippen LogP contribution in [0.25, 0.3) is 0 Å². The molecule has 1 amide bonds. The number of amides is 1. The van der Waals surface area contributed by atoms with Crippen LogP contribution >= 0.6 is 0 Å². The number of carbonyl (C=O) groups is 1. The van der Waals surface area contributed by atoms with Gasteiger partial charge in [-0.2, -0.15) is 0 Å². The molecular weight excluding hydrogens is 242 g/mol. The van der Waals surface area contributed by atoms with Crippen molar-refractivity contribution in [2.75, 3.05) is 44.5 Å². The Hall–Kier alpha value is -1.75. The van der Waals surface area contributed by atoms with Crippen LogP contribution in [0.4, 0.5) is 11.4 Å². The van der Waals surface area contributed by atoms with Gasteiger partial charge in [0.05, 0.1) is 24.6 Å². The highest BCUT2D eigenvalue weighted by molar-refractivity contribution is 5.95. The normalized spacial score (nSPS) is 19.3. The van der Waals surface area contributed by atoms with Crippen LogP contribution in [-0.2, 0) is 4.74 Å². The van der Waals surface area contributed by atoms with E-state index in [2.05, 4.69) is 11.8 Å². The predicted molar refractivity (Wildman–Crippen MR) is 76.5 cm³/mol. The van der Waals surface area contributed by atoms with Crippen LogP contribution in [0.2, 0.25) is 0 Å². The summed E-state index contributed by atoms with van der Waals surface area (Å²) in [4.78, 5) is 15.7. The molecule has 1 aromatic rings. The number of carbonyl (C=O) groups excluding carboxylic acids is 1. The molecule has 0 aliphatic carbocycles. The van der Waals surface area contributed by atoms with Crippen LogP contribution in [0.5, 0.6) is 0 Å². The number of anilines is 2. The van der Waals surface area contributed by atoms with Crippen LogP contribution in [0.1, 0.15) is 17.3 Å². The zero-order chi connectivity index (χ0) is 14.0. The molecule has 1 saturated heterocycles. The van der Waals surface area contributed by atoms with Gasteiger partial charge in [-0.3, -0.25) is 4.79 Å². The molecule has 2 N–H and O–H groups in total. The lowest BCUT2D eigenvalue weighted by atomic mass is 10.1. The van der Waals surface area contributed by atoms with Crippen molar-refractivity contribution >= 4 is 17.3 Å². The summed E-state index contributed by atoms with van der Waals surface area (Å²) in [6.45, 7) is 4.35. The van der Waals surface area contributed by atoms with Crippen molar-refractivity contribution in [1.82, 2.24) is 4.90 Å². The van der Waals surface area contributed by atoms with Crippen molar-refractivity contribution < 1.29 is 9.53 Å². The van der Waals surface area contributed by atoms with Crippen LogP contribution in [0.15, 0.2) is 18.2 Å². The molecular formula is C14H21N3O2. The number of nitrogens with two attached hydrogens (primary N) is 1. The molecule has 1 aromatic carbocycles. The molecule has 1 aliphatic heterocycles. The van der Waals surface area contributed by atoms with Crippen LogP contribution < -0.4 is 10.6 Å². The number of nitrogens with zero attached hydrogens (tertiary/aromatic N) is 2. The first-order valence-corrected chi connectivity index (χ1v) is 6.46. The first-order chi connectivity index (χ1) is 9.00. The van der Waals surface area contributed by atoms with E-state index in [0.29, 0.717) is 30.5 Å². The third-order valence-corrected chi connectivity index (χ3v) is 3.36. The maximum absolute atomic E-state index is 11.9. The number of hydrogen-bond donors (Lipinski definition) is 1. The Morgan fingerprint density at radius 2 is 2.21 bits per heavy atom. The van der Waals surface area contributed by atoms with Crippen molar-refractivity contribution in [2.24, 2.45) is 0 Å². The number of benzene rings is 1. The highest BCUT2D eigenvalue weighted by atomic mass is 16.5. The summed E-state index contributed by atoms with van der Waals surface area (Å²) in [5.41, 5.74) is 8.34. The maximum atomic E-state index is 11.9. The molecule has 19 heavy (non-hydrogen) atoms. The van der Waals surface area contributed by atoms with Gasteiger partial charge in [0.15, 0.2) is 0 Å². The molecule has 1 fully saturated rings. The lowest BCUT2D eigenvalue weighted by Gasteiger charge is -2.36. The van der Waals surface area contributed by atoms with Crippen molar-refractivity contribution in [3.8, 4) is 0 Å². The van der Waals surface area contributed by atoms with Crippen molar-refractivity contribution in [3.05, 3.63) is 23.8 Å². The van der Waals surface area contributed by atoms with E-state index in [0.717, 1.165) is 12.2 Å². The molecule has 104 valence electrons. The molecule has 1 unspecified atom stereocenters. The first-order valence-electron chi connectivity index (χ1n) is 6.46. The highest BCUT2D eigenvalue weighted by Gasteiger charge is 2.21. The Morgan fingerprint density at radius 3 is 2.79 bits per heavy atom. The minimum absolute atomic E-state index is 0.0340. The van der Waals surface area contributed by atoms with E-state index >= 15 is 0 Å². The summed E-state index contributed by atoms with van der Waals surface area (Å²) >= 11 is 0. The molecule has 1 heterocycles. The fraction of sp³-hybridized carbons (Fsp3) is 0.500. The van der Waals surface area contributed by atoms with Gasteiger partial charge in [0.25, 0.3) is 5.91 Å². The topological polar surface area (TPSA) is 58.8 Å². The lowest BCUT2D eigenvalue weighted by Crippen LogP contribution is -2.44. The molecule has 5 heteroatoms.